The molecule has 0 saturated carbocycles. The Morgan fingerprint density at radius 1 is 1.29 bits per heavy atom. The van der Waals surface area contributed by atoms with Crippen LogP contribution in [0.1, 0.15) is 17.0 Å². The summed E-state index contributed by atoms with van der Waals surface area (Å²) in [6, 6.07) is 9.99. The highest BCUT2D eigenvalue weighted by molar-refractivity contribution is 6.33. The number of hydrogen-bond acceptors (Lipinski definition) is 3. The minimum absolute atomic E-state index is 0.157. The van der Waals surface area contributed by atoms with Gasteiger partial charge >= 0.3 is 0 Å². The summed E-state index contributed by atoms with van der Waals surface area (Å²) < 4.78 is 5.53. The number of rotatable bonds is 3. The van der Waals surface area contributed by atoms with Gasteiger partial charge in [0, 0.05) is 12.1 Å². The quantitative estimate of drug-likeness (QED) is 0.913. The molecular formula is C15H13ClN2O3. The molecule has 1 atom stereocenters. The molecule has 2 N–H and O–H groups in total. The zero-order valence-corrected chi connectivity index (χ0v) is 11.8. The van der Waals surface area contributed by atoms with Crippen molar-refractivity contribution in [3.05, 3.63) is 47.2 Å². The van der Waals surface area contributed by atoms with Crippen molar-refractivity contribution in [2.45, 2.75) is 12.5 Å². The summed E-state index contributed by atoms with van der Waals surface area (Å²) in [7, 11) is 0. The van der Waals surface area contributed by atoms with E-state index in [9.17, 15) is 9.59 Å². The zero-order valence-electron chi connectivity index (χ0n) is 11.1. The molecule has 6 heteroatoms. The second kappa shape index (κ2) is 5.61. The van der Waals surface area contributed by atoms with Crippen molar-refractivity contribution in [3.63, 3.8) is 0 Å². The lowest BCUT2D eigenvalue weighted by molar-refractivity contribution is -0.120. The maximum absolute atomic E-state index is 12.1. The number of hydrogen-bond donors (Lipinski definition) is 2. The third-order valence-electron chi connectivity index (χ3n) is 3.32. The summed E-state index contributed by atoms with van der Waals surface area (Å²) in [5.74, 6) is 0.0998. The van der Waals surface area contributed by atoms with Gasteiger partial charge in [-0.3, -0.25) is 9.59 Å². The van der Waals surface area contributed by atoms with Crippen LogP contribution in [0.4, 0.5) is 0 Å². The maximum Gasteiger partial charge on any atom is 0.287 e. The van der Waals surface area contributed by atoms with Gasteiger partial charge in [-0.1, -0.05) is 23.7 Å². The Hall–Kier alpha value is -2.27. The molecule has 108 valence electrons. The SMILES string of the molecule is O=C(NC1CCNC1=O)c1ccc(-c2ccccc2Cl)o1. The lowest BCUT2D eigenvalue weighted by Crippen LogP contribution is -2.39. The van der Waals surface area contributed by atoms with Gasteiger partial charge in [0.05, 0.1) is 5.02 Å². The zero-order chi connectivity index (χ0) is 14.8. The van der Waals surface area contributed by atoms with E-state index in [2.05, 4.69) is 10.6 Å². The maximum atomic E-state index is 12.1. The Bertz CT molecular complexity index is 696. The van der Waals surface area contributed by atoms with Crippen molar-refractivity contribution in [1.29, 1.82) is 0 Å². The smallest absolute Gasteiger partial charge is 0.287 e. The molecule has 1 unspecified atom stereocenters. The molecule has 3 rings (SSSR count). The van der Waals surface area contributed by atoms with Crippen LogP contribution in [-0.4, -0.2) is 24.4 Å². The Kier molecular flexibility index (Phi) is 3.66. The number of halogens is 1. The minimum atomic E-state index is -0.494. The second-order valence-corrected chi connectivity index (χ2v) is 5.16. The topological polar surface area (TPSA) is 71.3 Å². The monoisotopic (exact) mass is 304 g/mol. The molecule has 2 aromatic rings. The molecule has 1 aliphatic rings. The fourth-order valence-corrected chi connectivity index (χ4v) is 2.46. The van der Waals surface area contributed by atoms with Crippen molar-refractivity contribution < 1.29 is 14.0 Å². The van der Waals surface area contributed by atoms with E-state index >= 15 is 0 Å². The number of furan rings is 1. The van der Waals surface area contributed by atoms with E-state index in [1.165, 1.54) is 0 Å². The third-order valence-corrected chi connectivity index (χ3v) is 3.65. The highest BCUT2D eigenvalue weighted by Gasteiger charge is 2.27. The van der Waals surface area contributed by atoms with E-state index < -0.39 is 11.9 Å². The van der Waals surface area contributed by atoms with Gasteiger partial charge in [0.15, 0.2) is 5.76 Å². The Balaban J connectivity index is 1.77. The largest absolute Gasteiger partial charge is 0.451 e. The molecule has 5 nitrogen and oxygen atoms in total. The van der Waals surface area contributed by atoms with Crippen LogP contribution in [-0.2, 0) is 4.79 Å². The second-order valence-electron chi connectivity index (χ2n) is 4.75. The van der Waals surface area contributed by atoms with Gasteiger partial charge in [-0.15, -0.1) is 0 Å². The van der Waals surface area contributed by atoms with Crippen molar-refractivity contribution in [1.82, 2.24) is 10.6 Å². The van der Waals surface area contributed by atoms with Crippen LogP contribution in [0.25, 0.3) is 11.3 Å². The number of benzene rings is 1. The molecule has 2 heterocycles. The highest BCUT2D eigenvalue weighted by Crippen LogP contribution is 2.29. The highest BCUT2D eigenvalue weighted by atomic mass is 35.5. The molecule has 0 bridgehead atoms. The van der Waals surface area contributed by atoms with Crippen molar-refractivity contribution >= 4 is 23.4 Å². The van der Waals surface area contributed by atoms with E-state index in [-0.39, 0.29) is 11.7 Å². The fourth-order valence-electron chi connectivity index (χ4n) is 2.23. The standard InChI is InChI=1S/C15H13ClN2O3/c16-10-4-2-1-3-9(10)12-5-6-13(21-12)15(20)18-11-7-8-17-14(11)19/h1-6,11H,7-8H2,(H,17,19)(H,18,20). The average molecular weight is 305 g/mol. The van der Waals surface area contributed by atoms with Gasteiger partial charge in [0.1, 0.15) is 11.8 Å². The molecule has 0 radical (unpaired) electrons. The molecular weight excluding hydrogens is 292 g/mol. The summed E-state index contributed by atoms with van der Waals surface area (Å²) in [6.45, 7) is 0.576. The lowest BCUT2D eigenvalue weighted by Gasteiger charge is -2.07. The summed E-state index contributed by atoms with van der Waals surface area (Å²) in [5.41, 5.74) is 0.719. The Labute approximate surface area is 126 Å². The van der Waals surface area contributed by atoms with E-state index in [0.717, 1.165) is 5.56 Å². The van der Waals surface area contributed by atoms with Gasteiger partial charge in [-0.25, -0.2) is 0 Å². The number of amides is 2. The van der Waals surface area contributed by atoms with Crippen molar-refractivity contribution in [2.24, 2.45) is 0 Å². The van der Waals surface area contributed by atoms with Crippen LogP contribution in [0.2, 0.25) is 5.02 Å². The van der Waals surface area contributed by atoms with Gasteiger partial charge in [-0.05, 0) is 30.7 Å². The van der Waals surface area contributed by atoms with Gasteiger partial charge in [0.25, 0.3) is 5.91 Å². The van der Waals surface area contributed by atoms with Crippen LogP contribution in [0, 0.1) is 0 Å². The van der Waals surface area contributed by atoms with Crippen LogP contribution >= 0.6 is 11.6 Å². The fraction of sp³-hybridized carbons (Fsp3) is 0.200. The van der Waals surface area contributed by atoms with E-state index in [1.54, 1.807) is 18.2 Å². The van der Waals surface area contributed by atoms with E-state index in [0.29, 0.717) is 23.7 Å². The molecule has 0 aliphatic carbocycles. The van der Waals surface area contributed by atoms with Crippen LogP contribution < -0.4 is 10.6 Å². The first-order chi connectivity index (χ1) is 10.1. The Morgan fingerprint density at radius 3 is 2.81 bits per heavy atom. The first-order valence-electron chi connectivity index (χ1n) is 6.58. The van der Waals surface area contributed by atoms with E-state index in [1.807, 2.05) is 18.2 Å². The first kappa shape index (κ1) is 13.7. The summed E-state index contributed by atoms with van der Waals surface area (Å²) in [5, 5.41) is 5.86. The average Bonchev–Trinajstić information content (AvgIpc) is 3.09. The molecule has 1 aromatic heterocycles. The summed E-state index contributed by atoms with van der Waals surface area (Å²) >= 11 is 6.09. The van der Waals surface area contributed by atoms with E-state index in [4.69, 9.17) is 16.0 Å². The van der Waals surface area contributed by atoms with Crippen molar-refractivity contribution in [2.75, 3.05) is 6.54 Å². The van der Waals surface area contributed by atoms with Crippen LogP contribution in [0.15, 0.2) is 40.8 Å². The molecule has 2 amide bonds. The lowest BCUT2D eigenvalue weighted by atomic mass is 10.2. The first-order valence-corrected chi connectivity index (χ1v) is 6.96. The summed E-state index contributed by atoms with van der Waals surface area (Å²) in [6.07, 6.45) is 0.586. The van der Waals surface area contributed by atoms with Crippen LogP contribution in [0.3, 0.4) is 0 Å². The van der Waals surface area contributed by atoms with Crippen molar-refractivity contribution in [3.8, 4) is 11.3 Å². The molecule has 1 saturated heterocycles. The predicted molar refractivity (Wildman–Crippen MR) is 78.0 cm³/mol. The van der Waals surface area contributed by atoms with Crippen LogP contribution in [0.5, 0.6) is 0 Å². The molecule has 1 aromatic carbocycles. The number of carbonyl (C=O) groups is 2. The normalized spacial score (nSPS) is 17.6. The molecule has 1 fully saturated rings. The third kappa shape index (κ3) is 2.78. The van der Waals surface area contributed by atoms with Gasteiger partial charge in [-0.2, -0.15) is 0 Å². The minimum Gasteiger partial charge on any atom is -0.451 e. The van der Waals surface area contributed by atoms with Gasteiger partial charge in [0.2, 0.25) is 5.91 Å². The number of carbonyl (C=O) groups excluding carboxylic acids is 2. The van der Waals surface area contributed by atoms with Gasteiger partial charge < -0.3 is 15.1 Å². The summed E-state index contributed by atoms with van der Waals surface area (Å²) in [4.78, 5) is 23.5. The Morgan fingerprint density at radius 2 is 2.10 bits per heavy atom. The number of nitrogens with one attached hydrogen (secondary N) is 2. The molecule has 1 aliphatic heterocycles. The predicted octanol–water partition coefficient (Wildman–Crippen LogP) is 2.22. The molecule has 21 heavy (non-hydrogen) atoms. The molecule has 0 spiro atoms.